The fourth-order valence-electron chi connectivity index (χ4n) is 2.92. The predicted molar refractivity (Wildman–Crippen MR) is 72.9 cm³/mol. The highest BCUT2D eigenvalue weighted by Crippen LogP contribution is 2.37. The van der Waals surface area contributed by atoms with E-state index in [0.717, 1.165) is 37.6 Å². The van der Waals surface area contributed by atoms with Crippen molar-refractivity contribution in [1.82, 2.24) is 4.90 Å². The van der Waals surface area contributed by atoms with Gasteiger partial charge in [0, 0.05) is 25.9 Å². The topological polar surface area (TPSA) is 53.7 Å². The van der Waals surface area contributed by atoms with Gasteiger partial charge in [-0.2, -0.15) is 0 Å². The summed E-state index contributed by atoms with van der Waals surface area (Å²) < 4.78 is 5.72. The lowest BCUT2D eigenvalue weighted by molar-refractivity contribution is -0.138. The number of likely N-dealkylation sites (tertiary alicyclic amines) is 1. The molecule has 2 heterocycles. The van der Waals surface area contributed by atoms with Gasteiger partial charge in [0.15, 0.2) is 0 Å². The molecule has 106 valence electrons. The van der Waals surface area contributed by atoms with Crippen LogP contribution in [0.5, 0.6) is 0 Å². The van der Waals surface area contributed by atoms with Crippen molar-refractivity contribution in [3.63, 3.8) is 0 Å². The molecule has 1 aromatic heterocycles. The molecule has 0 saturated carbocycles. The van der Waals surface area contributed by atoms with Crippen molar-refractivity contribution in [2.45, 2.75) is 40.2 Å². The van der Waals surface area contributed by atoms with Crippen molar-refractivity contribution in [2.24, 2.45) is 11.3 Å². The Balaban J connectivity index is 1.98. The van der Waals surface area contributed by atoms with Gasteiger partial charge >= 0.3 is 5.97 Å². The second-order valence-electron chi connectivity index (χ2n) is 6.17. The third-order valence-corrected chi connectivity index (χ3v) is 4.08. The van der Waals surface area contributed by atoms with Crippen molar-refractivity contribution in [3.8, 4) is 0 Å². The summed E-state index contributed by atoms with van der Waals surface area (Å²) in [5, 5.41) is 8.98. The molecule has 0 radical (unpaired) electrons. The standard InChI is InChI=1S/C15H23NO3/c1-4-12-5-6-13(19-12)9-16-8-11(7-14(17)18)15(2,3)10-16/h5-6,11H,4,7-10H2,1-3H3,(H,17,18). The van der Waals surface area contributed by atoms with Crippen molar-refractivity contribution in [3.05, 3.63) is 23.7 Å². The van der Waals surface area contributed by atoms with Crippen LogP contribution in [-0.4, -0.2) is 29.1 Å². The van der Waals surface area contributed by atoms with Crippen LogP contribution in [0.4, 0.5) is 0 Å². The molecule has 1 saturated heterocycles. The minimum Gasteiger partial charge on any atom is -0.481 e. The summed E-state index contributed by atoms with van der Waals surface area (Å²) in [7, 11) is 0. The third-order valence-electron chi connectivity index (χ3n) is 4.08. The summed E-state index contributed by atoms with van der Waals surface area (Å²) in [5.41, 5.74) is 0.0541. The van der Waals surface area contributed by atoms with E-state index < -0.39 is 5.97 Å². The van der Waals surface area contributed by atoms with Crippen molar-refractivity contribution < 1.29 is 14.3 Å². The molecular formula is C15H23NO3. The molecule has 0 aliphatic carbocycles. The van der Waals surface area contributed by atoms with Crippen LogP contribution in [0.2, 0.25) is 0 Å². The summed E-state index contributed by atoms with van der Waals surface area (Å²) in [4.78, 5) is 13.2. The Hall–Kier alpha value is -1.29. The molecule has 1 N–H and O–H groups in total. The van der Waals surface area contributed by atoms with Crippen LogP contribution in [0, 0.1) is 11.3 Å². The smallest absolute Gasteiger partial charge is 0.303 e. The van der Waals surface area contributed by atoms with Crippen LogP contribution in [0.15, 0.2) is 16.5 Å². The fraction of sp³-hybridized carbons (Fsp3) is 0.667. The molecule has 1 atom stereocenters. The first-order valence-corrected chi connectivity index (χ1v) is 6.92. The van der Waals surface area contributed by atoms with Gasteiger partial charge in [-0.25, -0.2) is 0 Å². The molecule has 4 heteroatoms. The quantitative estimate of drug-likeness (QED) is 0.889. The molecule has 1 aromatic rings. The number of aryl methyl sites for hydroxylation is 1. The summed E-state index contributed by atoms with van der Waals surface area (Å²) in [6, 6.07) is 4.04. The maximum absolute atomic E-state index is 10.9. The minimum absolute atomic E-state index is 0.0541. The maximum atomic E-state index is 10.9. The average molecular weight is 265 g/mol. The second-order valence-corrected chi connectivity index (χ2v) is 6.17. The van der Waals surface area contributed by atoms with Crippen LogP contribution >= 0.6 is 0 Å². The number of rotatable bonds is 5. The lowest BCUT2D eigenvalue weighted by Crippen LogP contribution is -2.24. The lowest BCUT2D eigenvalue weighted by atomic mass is 9.80. The van der Waals surface area contributed by atoms with Crippen LogP contribution < -0.4 is 0 Å². The van der Waals surface area contributed by atoms with E-state index in [0.29, 0.717) is 0 Å². The van der Waals surface area contributed by atoms with Gasteiger partial charge in [0.1, 0.15) is 11.5 Å². The average Bonchev–Trinajstić information content (AvgIpc) is 2.84. The summed E-state index contributed by atoms with van der Waals surface area (Å²) in [6.07, 6.45) is 1.16. The van der Waals surface area contributed by atoms with Gasteiger partial charge in [0.25, 0.3) is 0 Å². The van der Waals surface area contributed by atoms with Gasteiger partial charge < -0.3 is 9.52 Å². The molecule has 0 amide bonds. The Morgan fingerprint density at radius 1 is 1.47 bits per heavy atom. The first kappa shape index (κ1) is 14.1. The van der Waals surface area contributed by atoms with E-state index in [1.165, 1.54) is 0 Å². The molecule has 0 bridgehead atoms. The van der Waals surface area contributed by atoms with Gasteiger partial charge in [-0.1, -0.05) is 20.8 Å². The highest BCUT2D eigenvalue weighted by molar-refractivity contribution is 5.67. The Bertz CT molecular complexity index is 450. The number of carboxylic acids is 1. The van der Waals surface area contributed by atoms with E-state index in [1.54, 1.807) is 0 Å². The first-order valence-electron chi connectivity index (χ1n) is 6.92. The number of carboxylic acid groups (broad SMARTS) is 1. The number of hydrogen-bond acceptors (Lipinski definition) is 3. The molecule has 1 aliphatic rings. The van der Waals surface area contributed by atoms with Crippen LogP contribution in [-0.2, 0) is 17.8 Å². The monoisotopic (exact) mass is 265 g/mol. The van der Waals surface area contributed by atoms with E-state index in [4.69, 9.17) is 9.52 Å². The number of nitrogens with zero attached hydrogens (tertiary/aromatic N) is 1. The molecule has 4 nitrogen and oxygen atoms in total. The zero-order valence-corrected chi connectivity index (χ0v) is 12.0. The molecule has 19 heavy (non-hydrogen) atoms. The van der Waals surface area contributed by atoms with E-state index in [1.807, 2.05) is 12.1 Å². The van der Waals surface area contributed by atoms with Gasteiger partial charge in [-0.05, 0) is 23.5 Å². The Labute approximate surface area is 114 Å². The SMILES string of the molecule is CCc1ccc(CN2CC(CC(=O)O)C(C)(C)C2)o1. The van der Waals surface area contributed by atoms with E-state index in [-0.39, 0.29) is 17.8 Å². The predicted octanol–water partition coefficient (Wildman–Crippen LogP) is 2.77. The molecule has 0 spiro atoms. The lowest BCUT2D eigenvalue weighted by Gasteiger charge is -2.24. The summed E-state index contributed by atoms with van der Waals surface area (Å²) in [5.74, 6) is 1.50. The Morgan fingerprint density at radius 2 is 2.16 bits per heavy atom. The van der Waals surface area contributed by atoms with Crippen molar-refractivity contribution in [2.75, 3.05) is 13.1 Å². The zero-order chi connectivity index (χ0) is 14.0. The van der Waals surface area contributed by atoms with E-state index in [9.17, 15) is 4.79 Å². The number of aliphatic carboxylic acids is 1. The third kappa shape index (κ3) is 3.38. The first-order chi connectivity index (χ1) is 8.90. The maximum Gasteiger partial charge on any atom is 0.303 e. The number of carbonyl (C=O) groups is 1. The van der Waals surface area contributed by atoms with Gasteiger partial charge in [-0.3, -0.25) is 9.69 Å². The number of hydrogen-bond donors (Lipinski definition) is 1. The molecule has 1 unspecified atom stereocenters. The Kier molecular flexibility index (Phi) is 3.99. The summed E-state index contributed by atoms with van der Waals surface area (Å²) in [6.45, 7) is 8.92. The van der Waals surface area contributed by atoms with Crippen molar-refractivity contribution in [1.29, 1.82) is 0 Å². The fourth-order valence-corrected chi connectivity index (χ4v) is 2.92. The normalized spacial score (nSPS) is 22.8. The minimum atomic E-state index is -0.703. The van der Waals surface area contributed by atoms with E-state index >= 15 is 0 Å². The second kappa shape index (κ2) is 5.37. The molecule has 2 rings (SSSR count). The molecular weight excluding hydrogens is 242 g/mol. The van der Waals surface area contributed by atoms with Gasteiger partial charge in [0.2, 0.25) is 0 Å². The van der Waals surface area contributed by atoms with Crippen molar-refractivity contribution >= 4 is 5.97 Å². The highest BCUT2D eigenvalue weighted by Gasteiger charge is 2.40. The van der Waals surface area contributed by atoms with Crippen LogP contribution in [0.1, 0.15) is 38.7 Å². The summed E-state index contributed by atoms with van der Waals surface area (Å²) >= 11 is 0. The van der Waals surface area contributed by atoms with Gasteiger partial charge in [-0.15, -0.1) is 0 Å². The largest absolute Gasteiger partial charge is 0.481 e. The number of furan rings is 1. The highest BCUT2D eigenvalue weighted by atomic mass is 16.4. The van der Waals surface area contributed by atoms with Crippen LogP contribution in [0.3, 0.4) is 0 Å². The van der Waals surface area contributed by atoms with E-state index in [2.05, 4.69) is 25.7 Å². The zero-order valence-electron chi connectivity index (χ0n) is 12.0. The Morgan fingerprint density at radius 3 is 2.74 bits per heavy atom. The molecule has 0 aromatic carbocycles. The molecule has 1 fully saturated rings. The molecule has 1 aliphatic heterocycles. The van der Waals surface area contributed by atoms with Crippen LogP contribution in [0.25, 0.3) is 0 Å². The van der Waals surface area contributed by atoms with Gasteiger partial charge in [0.05, 0.1) is 6.54 Å².